The maximum absolute atomic E-state index is 6.11. The van der Waals surface area contributed by atoms with Crippen LogP contribution in [-0.2, 0) is 0 Å². The lowest BCUT2D eigenvalue weighted by Gasteiger charge is -2.15. The van der Waals surface area contributed by atoms with Crippen LogP contribution in [0.1, 0.15) is 78.1 Å². The molecule has 0 aliphatic carbocycles. The van der Waals surface area contributed by atoms with E-state index in [0.717, 1.165) is 55.1 Å². The monoisotopic (exact) mass is 381 g/mol. The molecule has 0 aliphatic heterocycles. The van der Waals surface area contributed by atoms with E-state index in [0.29, 0.717) is 0 Å². The van der Waals surface area contributed by atoms with E-state index in [9.17, 15) is 0 Å². The molecule has 0 spiro atoms. The first-order valence-electron chi connectivity index (χ1n) is 11.2. The molecule has 2 heteroatoms. The molecule has 2 aromatic rings. The Balaban J connectivity index is 1.86. The summed E-state index contributed by atoms with van der Waals surface area (Å²) in [6.07, 6.45) is 12.7. The Morgan fingerprint density at radius 2 is 1.29 bits per heavy atom. The number of ether oxygens (including phenoxy) is 2. The maximum Gasteiger partial charge on any atom is 0.135 e. The van der Waals surface area contributed by atoms with Crippen LogP contribution >= 0.6 is 0 Å². The van der Waals surface area contributed by atoms with Gasteiger partial charge in [-0.1, -0.05) is 102 Å². The van der Waals surface area contributed by atoms with Crippen LogP contribution in [0.5, 0.6) is 11.5 Å². The van der Waals surface area contributed by atoms with Crippen LogP contribution in [0.3, 0.4) is 0 Å². The predicted molar refractivity (Wildman–Crippen MR) is 119 cm³/mol. The van der Waals surface area contributed by atoms with E-state index in [1.807, 2.05) is 24.3 Å². The first kappa shape index (κ1) is 22.3. The van der Waals surface area contributed by atoms with E-state index in [-0.39, 0.29) is 0 Å². The lowest BCUT2D eigenvalue weighted by molar-refractivity contribution is 0.302. The summed E-state index contributed by atoms with van der Waals surface area (Å²) in [5.41, 5.74) is 2.15. The molecule has 0 aromatic heterocycles. The third-order valence-electron chi connectivity index (χ3n) is 5.00. The number of para-hydroxylation sites is 2. The van der Waals surface area contributed by atoms with Crippen LogP contribution in [0.2, 0.25) is 0 Å². The summed E-state index contributed by atoms with van der Waals surface area (Å²) >= 11 is 0. The molecule has 28 heavy (non-hydrogen) atoms. The van der Waals surface area contributed by atoms with Crippen molar-refractivity contribution in [3.05, 3.63) is 48.5 Å². The van der Waals surface area contributed by atoms with Gasteiger partial charge in [-0.05, 0) is 18.9 Å². The van der Waals surface area contributed by atoms with Crippen molar-refractivity contribution in [1.29, 1.82) is 0 Å². The summed E-state index contributed by atoms with van der Waals surface area (Å²) in [6.45, 7) is 5.94. The van der Waals surface area contributed by atoms with Crippen molar-refractivity contribution in [3.8, 4) is 22.6 Å². The molecule has 153 valence electrons. The zero-order chi connectivity index (χ0) is 19.9. The van der Waals surface area contributed by atoms with Crippen molar-refractivity contribution < 1.29 is 9.47 Å². The summed E-state index contributed by atoms with van der Waals surface area (Å²) in [5, 5.41) is 0. The topological polar surface area (TPSA) is 18.5 Å². The summed E-state index contributed by atoms with van der Waals surface area (Å²) in [6, 6.07) is 17.5. The van der Waals surface area contributed by atoms with Gasteiger partial charge in [0.15, 0.2) is 0 Å². The fourth-order valence-corrected chi connectivity index (χ4v) is 3.30. The summed E-state index contributed by atoms with van der Waals surface area (Å²) < 4.78 is 12.1. The van der Waals surface area contributed by atoms with Gasteiger partial charge in [0, 0.05) is 17.2 Å². The SMILES string of the molecule is CCCCCCCCCCOc1[c]cccc1-c1ccccc1OCCCC. The second-order valence-electron chi connectivity index (χ2n) is 7.43. The van der Waals surface area contributed by atoms with E-state index < -0.39 is 0 Å². The number of rotatable bonds is 15. The third kappa shape index (κ3) is 7.96. The van der Waals surface area contributed by atoms with Crippen LogP contribution in [0.4, 0.5) is 0 Å². The highest BCUT2D eigenvalue weighted by Gasteiger charge is 2.11. The van der Waals surface area contributed by atoms with Crippen molar-refractivity contribution in [2.75, 3.05) is 13.2 Å². The van der Waals surface area contributed by atoms with Crippen LogP contribution in [0.25, 0.3) is 11.1 Å². The number of hydrogen-bond acceptors (Lipinski definition) is 2. The van der Waals surface area contributed by atoms with Gasteiger partial charge in [-0.3, -0.25) is 0 Å². The molecule has 0 bridgehead atoms. The van der Waals surface area contributed by atoms with Crippen LogP contribution in [0, 0.1) is 6.07 Å². The largest absolute Gasteiger partial charge is 0.493 e. The van der Waals surface area contributed by atoms with Gasteiger partial charge in [0.25, 0.3) is 0 Å². The molecule has 0 amide bonds. The number of unbranched alkanes of at least 4 members (excludes halogenated alkanes) is 8. The van der Waals surface area contributed by atoms with Gasteiger partial charge in [-0.25, -0.2) is 0 Å². The fraction of sp³-hybridized carbons (Fsp3) is 0.538. The molecular weight excluding hydrogens is 344 g/mol. The number of hydrogen-bond donors (Lipinski definition) is 0. The smallest absolute Gasteiger partial charge is 0.135 e. The lowest BCUT2D eigenvalue weighted by Crippen LogP contribution is -2.01. The minimum Gasteiger partial charge on any atom is -0.493 e. The molecule has 0 atom stereocenters. The average Bonchev–Trinajstić information content (AvgIpc) is 2.73. The van der Waals surface area contributed by atoms with Gasteiger partial charge < -0.3 is 9.47 Å². The van der Waals surface area contributed by atoms with E-state index in [2.05, 4.69) is 38.1 Å². The molecule has 0 N–H and O–H groups in total. The Hall–Kier alpha value is -1.96. The van der Waals surface area contributed by atoms with Gasteiger partial charge in [0.1, 0.15) is 11.5 Å². The Bertz CT molecular complexity index is 650. The van der Waals surface area contributed by atoms with Crippen molar-refractivity contribution >= 4 is 0 Å². The first-order chi connectivity index (χ1) is 13.9. The third-order valence-corrected chi connectivity index (χ3v) is 5.00. The molecule has 1 radical (unpaired) electrons. The van der Waals surface area contributed by atoms with E-state index in [4.69, 9.17) is 9.47 Å². The van der Waals surface area contributed by atoms with Crippen LogP contribution in [-0.4, -0.2) is 13.2 Å². The second-order valence-corrected chi connectivity index (χ2v) is 7.43. The minimum atomic E-state index is 0.749. The summed E-state index contributed by atoms with van der Waals surface area (Å²) in [5.74, 6) is 1.75. The highest BCUT2D eigenvalue weighted by Crippen LogP contribution is 2.36. The summed E-state index contributed by atoms with van der Waals surface area (Å²) in [7, 11) is 0. The molecule has 0 saturated heterocycles. The highest BCUT2D eigenvalue weighted by atomic mass is 16.5. The van der Waals surface area contributed by atoms with Gasteiger partial charge in [0.05, 0.1) is 13.2 Å². The molecule has 0 fully saturated rings. The van der Waals surface area contributed by atoms with E-state index >= 15 is 0 Å². The Labute approximate surface area is 172 Å². The molecule has 0 heterocycles. The second kappa shape index (κ2) is 14.1. The van der Waals surface area contributed by atoms with Gasteiger partial charge in [0.2, 0.25) is 0 Å². The fourth-order valence-electron chi connectivity index (χ4n) is 3.30. The van der Waals surface area contributed by atoms with E-state index in [1.165, 1.54) is 44.9 Å². The summed E-state index contributed by atoms with van der Waals surface area (Å²) in [4.78, 5) is 0. The lowest BCUT2D eigenvalue weighted by atomic mass is 10.0. The average molecular weight is 382 g/mol. The van der Waals surface area contributed by atoms with Crippen LogP contribution < -0.4 is 9.47 Å². The zero-order valence-corrected chi connectivity index (χ0v) is 17.8. The van der Waals surface area contributed by atoms with E-state index in [1.54, 1.807) is 0 Å². The maximum atomic E-state index is 6.11. The highest BCUT2D eigenvalue weighted by molar-refractivity contribution is 5.75. The van der Waals surface area contributed by atoms with Crippen molar-refractivity contribution in [3.63, 3.8) is 0 Å². The van der Waals surface area contributed by atoms with Gasteiger partial charge in [-0.15, -0.1) is 0 Å². The molecule has 0 unspecified atom stereocenters. The Morgan fingerprint density at radius 3 is 2.07 bits per heavy atom. The molecule has 0 saturated carbocycles. The van der Waals surface area contributed by atoms with Gasteiger partial charge in [-0.2, -0.15) is 0 Å². The predicted octanol–water partition coefficient (Wildman–Crippen LogP) is 7.85. The Morgan fingerprint density at radius 1 is 0.643 bits per heavy atom. The standard InChI is InChI=1S/C26H37O2/c1-3-5-7-8-9-10-11-16-22-28-26-20-15-13-18-24(26)23-17-12-14-19-25(23)27-21-6-4-2/h12-15,17-19H,3-11,16,21-22H2,1-2H3. The first-order valence-corrected chi connectivity index (χ1v) is 11.2. The van der Waals surface area contributed by atoms with Crippen LogP contribution in [0.15, 0.2) is 42.5 Å². The van der Waals surface area contributed by atoms with Crippen molar-refractivity contribution in [1.82, 2.24) is 0 Å². The molecule has 0 aliphatic rings. The molecule has 2 aromatic carbocycles. The quantitative estimate of drug-likeness (QED) is 0.292. The van der Waals surface area contributed by atoms with Gasteiger partial charge >= 0.3 is 0 Å². The normalized spacial score (nSPS) is 10.8. The number of benzene rings is 2. The van der Waals surface area contributed by atoms with Crippen molar-refractivity contribution in [2.24, 2.45) is 0 Å². The minimum absolute atomic E-state index is 0.749. The molecule has 2 nitrogen and oxygen atoms in total. The van der Waals surface area contributed by atoms with Crippen molar-refractivity contribution in [2.45, 2.75) is 78.1 Å². The zero-order valence-electron chi connectivity index (χ0n) is 17.8. The Kier molecular flexibility index (Phi) is 11.2. The molecule has 2 rings (SSSR count). The molecular formula is C26H37O2.